The van der Waals surface area contributed by atoms with Crippen LogP contribution in [-0.4, -0.2) is 16.8 Å². The number of hydrogen-bond acceptors (Lipinski definition) is 3. The lowest BCUT2D eigenvalue weighted by Gasteiger charge is -2.12. The molecule has 3 rings (SSSR count). The van der Waals surface area contributed by atoms with E-state index in [1.54, 1.807) is 0 Å². The highest BCUT2D eigenvalue weighted by Crippen LogP contribution is 2.20. The van der Waals surface area contributed by atoms with Gasteiger partial charge in [0, 0.05) is 29.8 Å². The molecule has 0 saturated heterocycles. The van der Waals surface area contributed by atoms with Crippen LogP contribution < -0.4 is 10.6 Å². The molecule has 28 heavy (non-hydrogen) atoms. The van der Waals surface area contributed by atoms with Crippen molar-refractivity contribution in [3.8, 4) is 0 Å². The minimum atomic E-state index is -1.07. The fourth-order valence-electron chi connectivity index (χ4n) is 2.66. The molecule has 1 heterocycles. The van der Waals surface area contributed by atoms with Gasteiger partial charge in [0.25, 0.3) is 11.8 Å². The monoisotopic (exact) mass is 381 g/mol. The molecular weight excluding hydrogens is 364 g/mol. The zero-order chi connectivity index (χ0) is 20.3. The molecule has 3 aromatic rings. The Morgan fingerprint density at radius 1 is 0.821 bits per heavy atom. The highest BCUT2D eigenvalue weighted by atomic mass is 19.2. The van der Waals surface area contributed by atoms with Crippen LogP contribution in [0.3, 0.4) is 0 Å². The van der Waals surface area contributed by atoms with Gasteiger partial charge in [0.15, 0.2) is 11.6 Å². The molecule has 1 aromatic heterocycles. The molecule has 2 aromatic carbocycles. The fourth-order valence-corrected chi connectivity index (χ4v) is 2.66. The Morgan fingerprint density at radius 3 is 2.04 bits per heavy atom. The first-order valence-electron chi connectivity index (χ1n) is 8.44. The van der Waals surface area contributed by atoms with Crippen LogP contribution in [0.15, 0.2) is 54.9 Å². The smallest absolute Gasteiger partial charge is 0.257 e. The van der Waals surface area contributed by atoms with Crippen LogP contribution in [0.2, 0.25) is 0 Å². The summed E-state index contributed by atoms with van der Waals surface area (Å²) in [6, 6.07) is 10.1. The Kier molecular flexibility index (Phi) is 5.44. The van der Waals surface area contributed by atoms with Crippen molar-refractivity contribution < 1.29 is 18.4 Å². The van der Waals surface area contributed by atoms with Gasteiger partial charge in [-0.1, -0.05) is 18.2 Å². The highest BCUT2D eigenvalue weighted by Gasteiger charge is 2.14. The van der Waals surface area contributed by atoms with Crippen molar-refractivity contribution in [1.82, 2.24) is 4.98 Å². The van der Waals surface area contributed by atoms with Crippen LogP contribution in [0.25, 0.3) is 0 Å². The largest absolute Gasteiger partial charge is 0.322 e. The molecule has 0 unspecified atom stereocenters. The summed E-state index contributed by atoms with van der Waals surface area (Å²) in [7, 11) is 0. The van der Waals surface area contributed by atoms with E-state index in [2.05, 4.69) is 15.6 Å². The van der Waals surface area contributed by atoms with Crippen LogP contribution in [0.1, 0.15) is 31.8 Å². The van der Waals surface area contributed by atoms with Crippen molar-refractivity contribution in [1.29, 1.82) is 0 Å². The van der Waals surface area contributed by atoms with Crippen LogP contribution in [0, 0.1) is 25.5 Å². The van der Waals surface area contributed by atoms with Crippen molar-refractivity contribution in [2.75, 3.05) is 10.6 Å². The Balaban J connectivity index is 1.78. The average Bonchev–Trinajstić information content (AvgIpc) is 2.67. The molecule has 142 valence electrons. The minimum Gasteiger partial charge on any atom is -0.322 e. The van der Waals surface area contributed by atoms with E-state index in [-0.39, 0.29) is 16.8 Å². The van der Waals surface area contributed by atoms with Gasteiger partial charge in [0.05, 0.1) is 11.1 Å². The molecule has 5 nitrogen and oxygen atoms in total. The number of aromatic nitrogens is 1. The number of pyridine rings is 1. The zero-order valence-corrected chi connectivity index (χ0v) is 15.2. The number of aryl methyl sites for hydroxylation is 2. The summed E-state index contributed by atoms with van der Waals surface area (Å²) in [6.45, 7) is 3.76. The van der Waals surface area contributed by atoms with Crippen LogP contribution >= 0.6 is 0 Å². The summed E-state index contributed by atoms with van der Waals surface area (Å²) in [5.41, 5.74) is 2.92. The second kappa shape index (κ2) is 7.96. The quantitative estimate of drug-likeness (QED) is 0.700. The number of carbonyl (C=O) groups excluding carboxylic acids is 2. The highest BCUT2D eigenvalue weighted by molar-refractivity contribution is 6.08. The Labute approximate surface area is 160 Å². The van der Waals surface area contributed by atoms with Gasteiger partial charge in [-0.25, -0.2) is 8.78 Å². The van der Waals surface area contributed by atoms with Crippen LogP contribution in [0.4, 0.5) is 20.2 Å². The first-order chi connectivity index (χ1) is 13.3. The molecule has 2 N–H and O–H groups in total. The van der Waals surface area contributed by atoms with Crippen LogP contribution in [-0.2, 0) is 0 Å². The van der Waals surface area contributed by atoms with E-state index in [4.69, 9.17) is 0 Å². The van der Waals surface area contributed by atoms with Crippen molar-refractivity contribution in [2.24, 2.45) is 0 Å². The molecule has 0 aliphatic carbocycles. The normalized spacial score (nSPS) is 10.4. The van der Waals surface area contributed by atoms with Crippen molar-refractivity contribution >= 4 is 23.2 Å². The topological polar surface area (TPSA) is 71.1 Å². The third-order valence-corrected chi connectivity index (χ3v) is 4.16. The Morgan fingerprint density at radius 2 is 1.43 bits per heavy atom. The third-order valence-electron chi connectivity index (χ3n) is 4.16. The molecule has 0 atom stereocenters. The summed E-state index contributed by atoms with van der Waals surface area (Å²) in [5.74, 6) is -3.09. The molecule has 0 saturated carbocycles. The van der Waals surface area contributed by atoms with Gasteiger partial charge in [-0.05, 0) is 43.2 Å². The first kappa shape index (κ1) is 19.2. The predicted octanol–water partition coefficient (Wildman–Crippen LogP) is 4.48. The Bertz CT molecular complexity index is 1050. The number of para-hydroxylation sites is 1. The lowest BCUT2D eigenvalue weighted by atomic mass is 10.1. The van der Waals surface area contributed by atoms with E-state index in [1.165, 1.54) is 24.5 Å². The number of benzene rings is 2. The Hall–Kier alpha value is -3.61. The summed E-state index contributed by atoms with van der Waals surface area (Å²) in [5, 5.41) is 5.27. The molecule has 0 spiro atoms. The number of anilines is 2. The van der Waals surface area contributed by atoms with E-state index in [0.29, 0.717) is 5.69 Å². The predicted molar refractivity (Wildman–Crippen MR) is 102 cm³/mol. The number of rotatable bonds is 4. The second-order valence-electron chi connectivity index (χ2n) is 6.27. The van der Waals surface area contributed by atoms with Gasteiger partial charge in [0.2, 0.25) is 0 Å². The fraction of sp³-hybridized carbons (Fsp3) is 0.0952. The molecule has 2 amide bonds. The standard InChI is InChI=1S/C21H17F2N3O2/c1-12-4-3-5-13(2)19(12)26-21(28)15-8-14(10-24-11-15)20(27)25-16-6-7-17(22)18(23)9-16/h3-11H,1-2H3,(H,25,27)(H,26,28). The van der Waals surface area contributed by atoms with Gasteiger partial charge in [-0.3, -0.25) is 14.6 Å². The van der Waals surface area contributed by atoms with Gasteiger partial charge in [-0.15, -0.1) is 0 Å². The summed E-state index contributed by atoms with van der Waals surface area (Å²) in [4.78, 5) is 28.8. The summed E-state index contributed by atoms with van der Waals surface area (Å²) in [6.07, 6.45) is 2.63. The maximum absolute atomic E-state index is 13.3. The average molecular weight is 381 g/mol. The van der Waals surface area contributed by atoms with E-state index in [0.717, 1.165) is 23.3 Å². The van der Waals surface area contributed by atoms with E-state index in [1.807, 2.05) is 32.0 Å². The molecule has 0 fully saturated rings. The number of nitrogens with one attached hydrogen (secondary N) is 2. The number of carbonyl (C=O) groups is 2. The molecule has 0 radical (unpaired) electrons. The van der Waals surface area contributed by atoms with E-state index in [9.17, 15) is 18.4 Å². The van der Waals surface area contributed by atoms with Gasteiger partial charge >= 0.3 is 0 Å². The lowest BCUT2D eigenvalue weighted by Crippen LogP contribution is -2.17. The van der Waals surface area contributed by atoms with Crippen molar-refractivity contribution in [3.05, 3.63) is 88.7 Å². The third kappa shape index (κ3) is 4.20. The van der Waals surface area contributed by atoms with E-state index >= 15 is 0 Å². The van der Waals surface area contributed by atoms with Gasteiger partial charge < -0.3 is 10.6 Å². The number of hydrogen-bond donors (Lipinski definition) is 2. The van der Waals surface area contributed by atoms with Gasteiger partial charge in [0.1, 0.15) is 0 Å². The van der Waals surface area contributed by atoms with Crippen LogP contribution in [0.5, 0.6) is 0 Å². The lowest BCUT2D eigenvalue weighted by molar-refractivity contribution is 0.102. The maximum atomic E-state index is 13.3. The van der Waals surface area contributed by atoms with Crippen molar-refractivity contribution in [3.63, 3.8) is 0 Å². The van der Waals surface area contributed by atoms with Crippen molar-refractivity contribution in [2.45, 2.75) is 13.8 Å². The number of nitrogens with zero attached hydrogens (tertiary/aromatic N) is 1. The zero-order valence-electron chi connectivity index (χ0n) is 15.2. The maximum Gasteiger partial charge on any atom is 0.257 e. The SMILES string of the molecule is Cc1cccc(C)c1NC(=O)c1cncc(C(=O)Nc2ccc(F)c(F)c2)c1. The summed E-state index contributed by atoms with van der Waals surface area (Å²) >= 11 is 0. The number of halogens is 2. The second-order valence-corrected chi connectivity index (χ2v) is 6.27. The minimum absolute atomic E-state index is 0.0919. The molecule has 7 heteroatoms. The van der Waals surface area contributed by atoms with Gasteiger partial charge in [-0.2, -0.15) is 0 Å². The van der Waals surface area contributed by atoms with E-state index < -0.39 is 23.4 Å². The number of amides is 2. The first-order valence-corrected chi connectivity index (χ1v) is 8.44. The molecule has 0 aliphatic rings. The molecule has 0 bridgehead atoms. The molecular formula is C21H17F2N3O2. The summed E-state index contributed by atoms with van der Waals surface area (Å²) < 4.78 is 26.3. The molecule has 0 aliphatic heterocycles.